The molecule has 2 atom stereocenters. The van der Waals surface area contributed by atoms with Gasteiger partial charge in [0.15, 0.2) is 0 Å². The van der Waals surface area contributed by atoms with E-state index in [-0.39, 0.29) is 23.8 Å². The van der Waals surface area contributed by atoms with Gasteiger partial charge in [0, 0.05) is 56.8 Å². The third kappa shape index (κ3) is 4.57. The molecule has 7 heteroatoms. The van der Waals surface area contributed by atoms with Crippen molar-refractivity contribution in [1.82, 2.24) is 19.3 Å². The molecule has 1 aliphatic carbocycles. The van der Waals surface area contributed by atoms with Gasteiger partial charge in [-0.1, -0.05) is 18.2 Å². The van der Waals surface area contributed by atoms with Crippen LogP contribution in [0.3, 0.4) is 0 Å². The molecule has 0 unspecified atom stereocenters. The Kier molecular flexibility index (Phi) is 7.09. The summed E-state index contributed by atoms with van der Waals surface area (Å²) in [5.74, 6) is 0.235. The first-order valence-electron chi connectivity index (χ1n) is 13.2. The van der Waals surface area contributed by atoms with E-state index in [0.717, 1.165) is 70.8 Å². The molecule has 35 heavy (non-hydrogen) atoms. The van der Waals surface area contributed by atoms with Crippen LogP contribution in [0, 0.1) is 5.92 Å². The molecule has 1 aromatic carbocycles. The number of aromatic nitrogens is 1. The largest absolute Gasteiger partial charge is 0.379 e. The van der Waals surface area contributed by atoms with Crippen molar-refractivity contribution in [1.29, 1.82) is 0 Å². The van der Waals surface area contributed by atoms with Gasteiger partial charge in [-0.15, -0.1) is 0 Å². The van der Waals surface area contributed by atoms with E-state index in [9.17, 15) is 9.59 Å². The number of benzene rings is 1. The van der Waals surface area contributed by atoms with Crippen LogP contribution in [0.1, 0.15) is 42.6 Å². The Morgan fingerprint density at radius 2 is 1.91 bits per heavy atom. The molecule has 5 rings (SSSR count). The molecule has 1 fully saturated rings. The first-order chi connectivity index (χ1) is 17.0. The van der Waals surface area contributed by atoms with Crippen molar-refractivity contribution in [2.45, 2.75) is 39.2 Å². The van der Waals surface area contributed by atoms with Gasteiger partial charge >= 0.3 is 0 Å². The zero-order chi connectivity index (χ0) is 24.5. The van der Waals surface area contributed by atoms with E-state index in [1.165, 1.54) is 22.1 Å². The number of fused-ring (bicyclic) bond motifs is 2. The average Bonchev–Trinajstić information content (AvgIpc) is 3.25. The van der Waals surface area contributed by atoms with Gasteiger partial charge in [-0.3, -0.25) is 24.0 Å². The van der Waals surface area contributed by atoms with Gasteiger partial charge in [0.05, 0.1) is 24.6 Å². The molecule has 2 aliphatic heterocycles. The topological polar surface area (TPSA) is 58.0 Å². The number of morpholine rings is 1. The summed E-state index contributed by atoms with van der Waals surface area (Å²) in [6.07, 6.45) is 6.56. The highest BCUT2D eigenvalue weighted by Crippen LogP contribution is 2.42. The van der Waals surface area contributed by atoms with Crippen LogP contribution in [-0.4, -0.2) is 96.7 Å². The molecule has 0 spiro atoms. The fraction of sp³-hybridized carbons (Fsp3) is 0.571. The Balaban J connectivity index is 1.41. The molecular formula is C28H38N4O3. The van der Waals surface area contributed by atoms with Gasteiger partial charge in [-0.2, -0.15) is 0 Å². The third-order valence-electron chi connectivity index (χ3n) is 8.02. The van der Waals surface area contributed by atoms with E-state index in [1.807, 2.05) is 23.3 Å². The van der Waals surface area contributed by atoms with E-state index < -0.39 is 0 Å². The lowest BCUT2D eigenvalue weighted by Crippen LogP contribution is -2.47. The highest BCUT2D eigenvalue weighted by molar-refractivity contribution is 6.03. The highest BCUT2D eigenvalue weighted by atomic mass is 16.5. The van der Waals surface area contributed by atoms with Crippen LogP contribution >= 0.6 is 0 Å². The summed E-state index contributed by atoms with van der Waals surface area (Å²) >= 11 is 0. The average molecular weight is 479 g/mol. The molecule has 0 saturated carbocycles. The molecule has 3 aliphatic rings. The number of rotatable bonds is 7. The zero-order valence-corrected chi connectivity index (χ0v) is 21.3. The van der Waals surface area contributed by atoms with Crippen LogP contribution in [0.4, 0.5) is 0 Å². The second-order valence-electron chi connectivity index (χ2n) is 10.1. The summed E-state index contributed by atoms with van der Waals surface area (Å²) in [4.78, 5) is 33.1. The summed E-state index contributed by atoms with van der Waals surface area (Å²) in [7, 11) is 2.12. The lowest BCUT2D eigenvalue weighted by molar-refractivity contribution is -0.134. The Hall–Kier alpha value is -2.48. The molecule has 1 aromatic heterocycles. The Labute approximate surface area is 208 Å². The number of amides is 1. The van der Waals surface area contributed by atoms with Gasteiger partial charge in [-0.05, 0) is 63.0 Å². The Morgan fingerprint density at radius 1 is 1.14 bits per heavy atom. The minimum atomic E-state index is -0.133. The van der Waals surface area contributed by atoms with E-state index in [4.69, 9.17) is 4.74 Å². The number of hydrogen-bond donors (Lipinski definition) is 0. The fourth-order valence-electron chi connectivity index (χ4n) is 6.09. The Morgan fingerprint density at radius 3 is 2.66 bits per heavy atom. The van der Waals surface area contributed by atoms with Gasteiger partial charge < -0.3 is 9.64 Å². The van der Waals surface area contributed by atoms with Crippen LogP contribution in [0.2, 0.25) is 0 Å². The predicted octanol–water partition coefficient (Wildman–Crippen LogP) is 3.13. The number of hydrogen-bond acceptors (Lipinski definition) is 5. The molecule has 0 N–H and O–H groups in total. The van der Waals surface area contributed by atoms with Crippen molar-refractivity contribution < 1.29 is 14.3 Å². The van der Waals surface area contributed by atoms with Crippen molar-refractivity contribution >= 4 is 28.3 Å². The van der Waals surface area contributed by atoms with Gasteiger partial charge in [0.2, 0.25) is 11.8 Å². The van der Waals surface area contributed by atoms with E-state index in [0.29, 0.717) is 6.42 Å². The summed E-state index contributed by atoms with van der Waals surface area (Å²) in [6, 6.07) is 6.52. The molecule has 2 aromatic rings. The molecule has 3 heterocycles. The number of carbonyl (C=O) groups excluding carboxylic acids is 2. The van der Waals surface area contributed by atoms with Gasteiger partial charge in [0.25, 0.3) is 0 Å². The van der Waals surface area contributed by atoms with E-state index in [1.54, 1.807) is 0 Å². The number of ether oxygens (including phenoxy) is 1. The lowest BCUT2D eigenvalue weighted by atomic mass is 9.79. The molecule has 0 radical (unpaired) electrons. The maximum absolute atomic E-state index is 13.3. The SMILES string of the molecule is CCN(CC)C(=O)[C@@H]1C=C2c3cccc4c3c(cn4C(=O)CCCN3CCOCC3)C[C@H]2N(C)C1. The molecule has 1 saturated heterocycles. The normalized spacial score (nSPS) is 22.7. The van der Waals surface area contributed by atoms with Crippen molar-refractivity contribution in [2.24, 2.45) is 5.92 Å². The highest BCUT2D eigenvalue weighted by Gasteiger charge is 2.37. The standard InChI is InChI=1S/C28H38N4O3/c1-4-31(5-2)28(34)21-16-23-22-8-6-9-24-27(22)20(17-25(23)29(3)18-21)19-32(24)26(33)10-7-11-30-12-14-35-15-13-30/h6,8-9,16,19,21,25H,4-5,7,10-15,17-18H2,1-3H3/t21-,25-/m1/s1. The number of nitrogens with zero attached hydrogens (tertiary/aromatic N) is 4. The fourth-order valence-corrected chi connectivity index (χ4v) is 6.09. The number of carbonyl (C=O) groups is 2. The predicted molar refractivity (Wildman–Crippen MR) is 139 cm³/mol. The van der Waals surface area contributed by atoms with Gasteiger partial charge in [-0.25, -0.2) is 0 Å². The molecule has 1 amide bonds. The maximum Gasteiger partial charge on any atom is 0.231 e. The molecular weight excluding hydrogens is 440 g/mol. The van der Waals surface area contributed by atoms with Crippen molar-refractivity contribution in [3.63, 3.8) is 0 Å². The van der Waals surface area contributed by atoms with Crippen molar-refractivity contribution in [3.8, 4) is 0 Å². The lowest BCUT2D eigenvalue weighted by Gasteiger charge is -2.40. The minimum absolute atomic E-state index is 0.133. The third-order valence-corrected chi connectivity index (χ3v) is 8.02. The second kappa shape index (κ2) is 10.2. The summed E-state index contributed by atoms with van der Waals surface area (Å²) in [5, 5.41) is 1.18. The Bertz CT molecular complexity index is 1130. The minimum Gasteiger partial charge on any atom is -0.379 e. The van der Waals surface area contributed by atoms with Crippen molar-refractivity contribution in [2.75, 3.05) is 59.5 Å². The van der Waals surface area contributed by atoms with Gasteiger partial charge in [0.1, 0.15) is 0 Å². The molecule has 7 nitrogen and oxygen atoms in total. The second-order valence-corrected chi connectivity index (χ2v) is 10.1. The van der Waals surface area contributed by atoms with E-state index in [2.05, 4.69) is 47.3 Å². The monoisotopic (exact) mass is 478 g/mol. The summed E-state index contributed by atoms with van der Waals surface area (Å²) in [6.45, 7) is 10.7. The quantitative estimate of drug-likeness (QED) is 0.612. The maximum atomic E-state index is 13.3. The molecule has 0 bridgehead atoms. The number of likely N-dealkylation sites (N-methyl/N-ethyl adjacent to an activating group) is 1. The van der Waals surface area contributed by atoms with Crippen LogP contribution in [0.15, 0.2) is 30.5 Å². The van der Waals surface area contributed by atoms with Crippen LogP contribution in [0.5, 0.6) is 0 Å². The van der Waals surface area contributed by atoms with Crippen molar-refractivity contribution in [3.05, 3.63) is 41.6 Å². The van der Waals surface area contributed by atoms with Crippen LogP contribution in [-0.2, 0) is 16.0 Å². The molecule has 188 valence electrons. The van der Waals surface area contributed by atoms with Crippen LogP contribution in [0.25, 0.3) is 16.5 Å². The summed E-state index contributed by atoms with van der Waals surface area (Å²) in [5.41, 5.74) is 4.64. The zero-order valence-electron chi connectivity index (χ0n) is 21.3. The van der Waals surface area contributed by atoms with Crippen LogP contribution < -0.4 is 0 Å². The smallest absolute Gasteiger partial charge is 0.231 e. The first kappa shape index (κ1) is 24.2. The first-order valence-corrected chi connectivity index (χ1v) is 13.2. The van der Waals surface area contributed by atoms with E-state index >= 15 is 0 Å². The summed E-state index contributed by atoms with van der Waals surface area (Å²) < 4.78 is 7.30.